The predicted octanol–water partition coefficient (Wildman–Crippen LogP) is 1.00. The zero-order valence-electron chi connectivity index (χ0n) is 11.3. The van der Waals surface area contributed by atoms with Crippen molar-refractivity contribution in [2.75, 3.05) is 25.0 Å². The maximum absolute atomic E-state index is 9.17. The van der Waals surface area contributed by atoms with Gasteiger partial charge in [-0.25, -0.2) is 0 Å². The number of anilines is 1. The van der Waals surface area contributed by atoms with Crippen LogP contribution in [0.5, 0.6) is 0 Å². The molecule has 19 heavy (non-hydrogen) atoms. The van der Waals surface area contributed by atoms with E-state index in [-0.39, 0.29) is 0 Å². The first-order valence-electron chi connectivity index (χ1n) is 6.45. The molecule has 2 rings (SSSR count). The third-order valence-corrected chi connectivity index (χ3v) is 3.56. The lowest BCUT2D eigenvalue weighted by molar-refractivity contribution is 0.242. The molecule has 0 radical (unpaired) electrons. The molecule has 6 nitrogen and oxygen atoms in total. The Morgan fingerprint density at radius 2 is 2.05 bits per heavy atom. The van der Waals surface area contributed by atoms with Crippen LogP contribution >= 0.6 is 0 Å². The minimum atomic E-state index is 0.344. The largest absolute Gasteiger partial charge is 0.366 e. The van der Waals surface area contributed by atoms with Gasteiger partial charge >= 0.3 is 0 Å². The third kappa shape index (κ3) is 2.86. The third-order valence-electron chi connectivity index (χ3n) is 3.56. The highest BCUT2D eigenvalue weighted by atomic mass is 15.3. The standard InChI is InChI=1S/C13H18N6/c1-10-12(9-15)13(18(2)17-10)16-11-3-6-19(7-4-11)8-5-14/h11,16H,3-4,6-8H2,1-2H3. The van der Waals surface area contributed by atoms with E-state index in [4.69, 9.17) is 10.5 Å². The summed E-state index contributed by atoms with van der Waals surface area (Å²) in [5.41, 5.74) is 1.39. The van der Waals surface area contributed by atoms with Crippen LogP contribution in [0.25, 0.3) is 0 Å². The molecule has 0 aromatic carbocycles. The summed E-state index contributed by atoms with van der Waals surface area (Å²) in [6.07, 6.45) is 1.97. The van der Waals surface area contributed by atoms with E-state index in [2.05, 4.69) is 27.5 Å². The Bertz CT molecular complexity index is 525. The van der Waals surface area contributed by atoms with Gasteiger partial charge in [-0.15, -0.1) is 0 Å². The number of nitrogens with one attached hydrogen (secondary N) is 1. The van der Waals surface area contributed by atoms with Crippen molar-refractivity contribution in [3.63, 3.8) is 0 Å². The topological polar surface area (TPSA) is 80.7 Å². The van der Waals surface area contributed by atoms with Gasteiger partial charge in [-0.3, -0.25) is 9.58 Å². The van der Waals surface area contributed by atoms with E-state index >= 15 is 0 Å². The Hall–Kier alpha value is -2.05. The van der Waals surface area contributed by atoms with Crippen LogP contribution in [-0.2, 0) is 7.05 Å². The van der Waals surface area contributed by atoms with Gasteiger partial charge in [-0.05, 0) is 19.8 Å². The first-order valence-corrected chi connectivity index (χ1v) is 6.45. The summed E-state index contributed by atoms with van der Waals surface area (Å²) in [7, 11) is 1.85. The number of piperidine rings is 1. The highest BCUT2D eigenvalue weighted by Crippen LogP contribution is 2.21. The molecule has 1 aromatic rings. The summed E-state index contributed by atoms with van der Waals surface area (Å²) in [6.45, 7) is 4.19. The summed E-state index contributed by atoms with van der Waals surface area (Å²) in [5.74, 6) is 0.804. The van der Waals surface area contributed by atoms with Gasteiger partial charge in [-0.1, -0.05) is 0 Å². The van der Waals surface area contributed by atoms with Crippen molar-refractivity contribution in [2.45, 2.75) is 25.8 Å². The molecule has 2 heterocycles. The smallest absolute Gasteiger partial charge is 0.142 e. The van der Waals surface area contributed by atoms with E-state index in [0.717, 1.165) is 37.4 Å². The second kappa shape index (κ2) is 5.73. The Balaban J connectivity index is 2.00. The summed E-state index contributed by atoms with van der Waals surface area (Å²) in [6, 6.07) is 4.73. The molecule has 0 saturated carbocycles. The van der Waals surface area contributed by atoms with Gasteiger partial charge in [0.05, 0.1) is 18.3 Å². The molecular weight excluding hydrogens is 240 g/mol. The number of rotatable bonds is 3. The number of aromatic nitrogens is 2. The van der Waals surface area contributed by atoms with Crippen LogP contribution < -0.4 is 5.32 Å². The van der Waals surface area contributed by atoms with Gasteiger partial charge in [0.1, 0.15) is 17.5 Å². The summed E-state index contributed by atoms with van der Waals surface area (Å²) >= 11 is 0. The van der Waals surface area contributed by atoms with E-state index in [1.807, 2.05) is 14.0 Å². The molecule has 1 fully saturated rings. The molecule has 1 N–H and O–H groups in total. The van der Waals surface area contributed by atoms with Crippen molar-refractivity contribution >= 4 is 5.82 Å². The number of hydrogen-bond donors (Lipinski definition) is 1. The molecule has 0 amide bonds. The first kappa shape index (κ1) is 13.4. The minimum absolute atomic E-state index is 0.344. The summed E-state index contributed by atoms with van der Waals surface area (Å²) in [5, 5.41) is 25.5. The highest BCUT2D eigenvalue weighted by molar-refractivity contribution is 5.55. The van der Waals surface area contributed by atoms with Crippen molar-refractivity contribution in [1.82, 2.24) is 14.7 Å². The fourth-order valence-corrected chi connectivity index (χ4v) is 2.49. The predicted molar refractivity (Wildman–Crippen MR) is 71.4 cm³/mol. The molecule has 0 unspecified atom stereocenters. The maximum atomic E-state index is 9.17. The highest BCUT2D eigenvalue weighted by Gasteiger charge is 2.21. The summed E-state index contributed by atoms with van der Waals surface area (Å²) < 4.78 is 1.73. The van der Waals surface area contributed by atoms with Gasteiger partial charge in [0.25, 0.3) is 0 Å². The van der Waals surface area contributed by atoms with Crippen LogP contribution in [0.3, 0.4) is 0 Å². The van der Waals surface area contributed by atoms with Gasteiger partial charge in [0.2, 0.25) is 0 Å². The van der Waals surface area contributed by atoms with Crippen LogP contribution in [-0.4, -0.2) is 40.4 Å². The van der Waals surface area contributed by atoms with E-state index in [0.29, 0.717) is 18.2 Å². The van der Waals surface area contributed by atoms with Crippen LogP contribution in [0.2, 0.25) is 0 Å². The average molecular weight is 258 g/mol. The lowest BCUT2D eigenvalue weighted by Crippen LogP contribution is -2.39. The van der Waals surface area contributed by atoms with Gasteiger partial charge in [0, 0.05) is 26.2 Å². The lowest BCUT2D eigenvalue weighted by atomic mass is 10.0. The van der Waals surface area contributed by atoms with Crippen LogP contribution in [0, 0.1) is 29.6 Å². The van der Waals surface area contributed by atoms with Crippen molar-refractivity contribution in [3.05, 3.63) is 11.3 Å². The molecule has 1 aromatic heterocycles. The molecule has 100 valence electrons. The van der Waals surface area contributed by atoms with Crippen molar-refractivity contribution < 1.29 is 0 Å². The second-order valence-electron chi connectivity index (χ2n) is 4.90. The molecule has 0 bridgehead atoms. The van der Waals surface area contributed by atoms with Gasteiger partial charge in [-0.2, -0.15) is 15.6 Å². The van der Waals surface area contributed by atoms with Crippen molar-refractivity contribution in [1.29, 1.82) is 10.5 Å². The monoisotopic (exact) mass is 258 g/mol. The zero-order valence-corrected chi connectivity index (χ0v) is 11.3. The van der Waals surface area contributed by atoms with Crippen LogP contribution in [0.1, 0.15) is 24.1 Å². The van der Waals surface area contributed by atoms with Crippen molar-refractivity contribution in [3.8, 4) is 12.1 Å². The Kier molecular flexibility index (Phi) is 4.03. The molecule has 1 aliphatic rings. The SMILES string of the molecule is Cc1nn(C)c(NC2CCN(CC#N)CC2)c1C#N. The minimum Gasteiger partial charge on any atom is -0.366 e. The number of aryl methyl sites for hydroxylation is 2. The number of likely N-dealkylation sites (tertiary alicyclic amines) is 1. The second-order valence-corrected chi connectivity index (χ2v) is 4.90. The molecule has 0 atom stereocenters. The Labute approximate surface area is 113 Å². The van der Waals surface area contributed by atoms with E-state index in [9.17, 15) is 0 Å². The molecule has 6 heteroatoms. The van der Waals surface area contributed by atoms with E-state index < -0.39 is 0 Å². The van der Waals surface area contributed by atoms with Gasteiger partial charge < -0.3 is 5.32 Å². The maximum Gasteiger partial charge on any atom is 0.142 e. The number of nitriles is 2. The van der Waals surface area contributed by atoms with Crippen LogP contribution in [0.15, 0.2) is 0 Å². The van der Waals surface area contributed by atoms with Gasteiger partial charge in [0.15, 0.2) is 0 Å². The Morgan fingerprint density at radius 3 is 2.63 bits per heavy atom. The molecule has 0 aliphatic carbocycles. The first-order chi connectivity index (χ1) is 9.15. The lowest BCUT2D eigenvalue weighted by Gasteiger charge is -2.31. The fourth-order valence-electron chi connectivity index (χ4n) is 2.49. The molecule has 1 saturated heterocycles. The summed E-state index contributed by atoms with van der Waals surface area (Å²) in [4.78, 5) is 2.15. The number of nitrogens with zero attached hydrogens (tertiary/aromatic N) is 5. The quantitative estimate of drug-likeness (QED) is 0.818. The van der Waals surface area contributed by atoms with E-state index in [1.165, 1.54) is 0 Å². The molecule has 1 aliphatic heterocycles. The molecular formula is C13H18N6. The fraction of sp³-hybridized carbons (Fsp3) is 0.615. The Morgan fingerprint density at radius 1 is 1.37 bits per heavy atom. The van der Waals surface area contributed by atoms with Crippen LogP contribution in [0.4, 0.5) is 5.82 Å². The average Bonchev–Trinajstić information content (AvgIpc) is 2.66. The molecule has 0 spiro atoms. The van der Waals surface area contributed by atoms with Crippen molar-refractivity contribution in [2.24, 2.45) is 7.05 Å². The van der Waals surface area contributed by atoms with E-state index in [1.54, 1.807) is 4.68 Å². The normalized spacial score (nSPS) is 16.8. The zero-order chi connectivity index (χ0) is 13.8. The number of hydrogen-bond acceptors (Lipinski definition) is 5.